The van der Waals surface area contributed by atoms with Gasteiger partial charge < -0.3 is 15.5 Å². The SMILES string of the molecule is CNC(C(=O)NC(C)c1ccc(N2CCCC2=O)cc1)c1cnn(C)c1. The number of aryl methyl sites for hydroxylation is 1. The standard InChI is InChI=1S/C19H25N5O2/c1-13(22-19(26)18(20-2)15-11-21-23(3)12-15)14-6-8-16(9-7-14)24-10-4-5-17(24)25/h6-9,11-13,18,20H,4-5,10H2,1-3H3,(H,22,26). The third-order valence-electron chi connectivity index (χ3n) is 4.75. The molecule has 1 aromatic heterocycles. The van der Waals surface area contributed by atoms with Crippen molar-refractivity contribution in [2.75, 3.05) is 18.5 Å². The Bertz CT molecular complexity index is 783. The molecule has 1 aromatic carbocycles. The molecule has 7 nitrogen and oxygen atoms in total. The molecule has 1 aliphatic heterocycles. The molecule has 0 radical (unpaired) electrons. The van der Waals surface area contributed by atoms with Crippen LogP contribution < -0.4 is 15.5 Å². The van der Waals surface area contributed by atoms with Gasteiger partial charge in [-0.05, 0) is 38.1 Å². The van der Waals surface area contributed by atoms with Gasteiger partial charge in [0, 0.05) is 37.5 Å². The lowest BCUT2D eigenvalue weighted by molar-refractivity contribution is -0.123. The quantitative estimate of drug-likeness (QED) is 0.826. The average Bonchev–Trinajstić information content (AvgIpc) is 3.24. The summed E-state index contributed by atoms with van der Waals surface area (Å²) in [4.78, 5) is 26.3. The van der Waals surface area contributed by atoms with E-state index >= 15 is 0 Å². The van der Waals surface area contributed by atoms with Crippen molar-refractivity contribution in [1.82, 2.24) is 20.4 Å². The number of nitrogens with one attached hydrogen (secondary N) is 2. The van der Waals surface area contributed by atoms with Gasteiger partial charge in [-0.2, -0.15) is 5.10 Å². The van der Waals surface area contributed by atoms with Gasteiger partial charge in [-0.1, -0.05) is 12.1 Å². The van der Waals surface area contributed by atoms with Gasteiger partial charge in [0.15, 0.2) is 0 Å². The molecule has 2 unspecified atom stereocenters. The second-order valence-electron chi connectivity index (χ2n) is 6.64. The van der Waals surface area contributed by atoms with E-state index in [0.717, 1.165) is 29.8 Å². The summed E-state index contributed by atoms with van der Waals surface area (Å²) in [5.74, 6) is 0.0687. The molecule has 2 atom stereocenters. The number of likely N-dealkylation sites (N-methyl/N-ethyl adjacent to an activating group) is 1. The van der Waals surface area contributed by atoms with Crippen LogP contribution in [0.5, 0.6) is 0 Å². The number of amides is 2. The maximum atomic E-state index is 12.6. The summed E-state index contributed by atoms with van der Waals surface area (Å²) in [6, 6.07) is 7.22. The van der Waals surface area contributed by atoms with Gasteiger partial charge >= 0.3 is 0 Å². The first-order valence-corrected chi connectivity index (χ1v) is 8.86. The minimum absolute atomic E-state index is 0.105. The van der Waals surface area contributed by atoms with Gasteiger partial charge in [0.1, 0.15) is 6.04 Å². The van der Waals surface area contributed by atoms with Gasteiger partial charge in [-0.15, -0.1) is 0 Å². The van der Waals surface area contributed by atoms with Crippen LogP contribution in [0.25, 0.3) is 0 Å². The molecule has 1 saturated heterocycles. The second-order valence-corrected chi connectivity index (χ2v) is 6.64. The van der Waals surface area contributed by atoms with E-state index in [9.17, 15) is 9.59 Å². The summed E-state index contributed by atoms with van der Waals surface area (Å²) in [6.07, 6.45) is 5.04. The van der Waals surface area contributed by atoms with Crippen molar-refractivity contribution in [3.8, 4) is 0 Å². The maximum absolute atomic E-state index is 12.6. The summed E-state index contributed by atoms with van der Waals surface area (Å²) < 4.78 is 1.68. The molecule has 0 bridgehead atoms. The Morgan fingerprint density at radius 2 is 1.96 bits per heavy atom. The van der Waals surface area contributed by atoms with Crippen molar-refractivity contribution in [3.63, 3.8) is 0 Å². The highest BCUT2D eigenvalue weighted by atomic mass is 16.2. The summed E-state index contributed by atoms with van der Waals surface area (Å²) in [6.45, 7) is 2.73. The molecule has 3 rings (SSSR count). The fourth-order valence-electron chi connectivity index (χ4n) is 3.28. The number of aromatic nitrogens is 2. The second kappa shape index (κ2) is 7.70. The van der Waals surface area contributed by atoms with Crippen LogP contribution in [0.2, 0.25) is 0 Å². The minimum atomic E-state index is -0.451. The number of carbonyl (C=O) groups is 2. The van der Waals surface area contributed by atoms with E-state index in [1.165, 1.54) is 0 Å². The summed E-state index contributed by atoms with van der Waals surface area (Å²) in [5, 5.41) is 10.2. The molecular weight excluding hydrogens is 330 g/mol. The molecule has 0 saturated carbocycles. The predicted molar refractivity (Wildman–Crippen MR) is 99.6 cm³/mol. The zero-order valence-corrected chi connectivity index (χ0v) is 15.4. The number of nitrogens with zero attached hydrogens (tertiary/aromatic N) is 3. The molecule has 1 fully saturated rings. The number of anilines is 1. The van der Waals surface area contributed by atoms with Gasteiger partial charge in [0.25, 0.3) is 0 Å². The smallest absolute Gasteiger partial charge is 0.242 e. The topological polar surface area (TPSA) is 79.3 Å². The molecule has 2 heterocycles. The van der Waals surface area contributed by atoms with Crippen molar-refractivity contribution in [1.29, 1.82) is 0 Å². The first-order valence-electron chi connectivity index (χ1n) is 8.86. The molecule has 138 valence electrons. The van der Waals surface area contributed by atoms with E-state index in [2.05, 4.69) is 15.7 Å². The average molecular weight is 355 g/mol. The van der Waals surface area contributed by atoms with Crippen LogP contribution in [0.4, 0.5) is 5.69 Å². The van der Waals surface area contributed by atoms with Crippen LogP contribution in [0.15, 0.2) is 36.7 Å². The molecular formula is C19H25N5O2. The first-order chi connectivity index (χ1) is 12.5. The van der Waals surface area contributed by atoms with Crippen molar-refractivity contribution in [2.45, 2.75) is 31.8 Å². The van der Waals surface area contributed by atoms with Crippen LogP contribution >= 0.6 is 0 Å². The van der Waals surface area contributed by atoms with E-state index in [4.69, 9.17) is 0 Å². The lowest BCUT2D eigenvalue weighted by Crippen LogP contribution is -2.37. The molecule has 2 amide bonds. The van der Waals surface area contributed by atoms with Crippen molar-refractivity contribution in [2.24, 2.45) is 7.05 Å². The van der Waals surface area contributed by atoms with E-state index < -0.39 is 6.04 Å². The highest BCUT2D eigenvalue weighted by Gasteiger charge is 2.23. The molecule has 1 aliphatic rings. The maximum Gasteiger partial charge on any atom is 0.242 e. The van der Waals surface area contributed by atoms with Gasteiger partial charge in [-0.3, -0.25) is 14.3 Å². The molecule has 2 N–H and O–H groups in total. The fourth-order valence-corrected chi connectivity index (χ4v) is 3.28. The summed E-state index contributed by atoms with van der Waals surface area (Å²) >= 11 is 0. The van der Waals surface area contributed by atoms with Crippen LogP contribution in [0.1, 0.15) is 43.0 Å². The number of rotatable bonds is 6. The monoisotopic (exact) mass is 355 g/mol. The van der Waals surface area contributed by atoms with Gasteiger partial charge in [0.05, 0.1) is 12.2 Å². The molecule has 0 spiro atoms. The van der Waals surface area contributed by atoms with Crippen molar-refractivity contribution >= 4 is 17.5 Å². The minimum Gasteiger partial charge on any atom is -0.348 e. The third-order valence-corrected chi connectivity index (χ3v) is 4.75. The molecule has 0 aliphatic carbocycles. The summed E-state index contributed by atoms with van der Waals surface area (Å²) in [7, 11) is 3.58. The highest BCUT2D eigenvalue weighted by molar-refractivity contribution is 5.95. The number of carbonyl (C=O) groups excluding carboxylic acids is 2. The van der Waals surface area contributed by atoms with E-state index in [0.29, 0.717) is 6.42 Å². The molecule has 2 aromatic rings. The Labute approximate surface area is 153 Å². The lowest BCUT2D eigenvalue weighted by Gasteiger charge is -2.21. The van der Waals surface area contributed by atoms with Gasteiger partial charge in [0.2, 0.25) is 11.8 Å². The summed E-state index contributed by atoms with van der Waals surface area (Å²) in [5.41, 5.74) is 2.73. The highest BCUT2D eigenvalue weighted by Crippen LogP contribution is 2.24. The first kappa shape index (κ1) is 18.1. The van der Waals surface area contributed by atoms with Crippen molar-refractivity contribution in [3.05, 3.63) is 47.8 Å². The molecule has 26 heavy (non-hydrogen) atoms. The Hall–Kier alpha value is -2.67. The van der Waals surface area contributed by atoms with Crippen molar-refractivity contribution < 1.29 is 9.59 Å². The Morgan fingerprint density at radius 3 is 2.50 bits per heavy atom. The number of hydrogen-bond donors (Lipinski definition) is 2. The fraction of sp³-hybridized carbons (Fsp3) is 0.421. The number of benzene rings is 1. The zero-order chi connectivity index (χ0) is 18.7. The zero-order valence-electron chi connectivity index (χ0n) is 15.4. The number of hydrogen-bond acceptors (Lipinski definition) is 4. The van der Waals surface area contributed by atoms with Crippen LogP contribution in [0, 0.1) is 0 Å². The predicted octanol–water partition coefficient (Wildman–Crippen LogP) is 1.68. The third kappa shape index (κ3) is 3.77. The lowest BCUT2D eigenvalue weighted by atomic mass is 10.1. The molecule has 7 heteroatoms. The Kier molecular flexibility index (Phi) is 5.37. The van der Waals surface area contributed by atoms with E-state index in [1.807, 2.05) is 49.3 Å². The Morgan fingerprint density at radius 1 is 1.23 bits per heavy atom. The van der Waals surface area contributed by atoms with E-state index in [-0.39, 0.29) is 17.9 Å². The largest absolute Gasteiger partial charge is 0.348 e. The normalized spacial score (nSPS) is 16.6. The van der Waals surface area contributed by atoms with E-state index in [1.54, 1.807) is 17.9 Å². The van der Waals surface area contributed by atoms with Crippen LogP contribution in [-0.2, 0) is 16.6 Å². The van der Waals surface area contributed by atoms with Gasteiger partial charge in [-0.25, -0.2) is 0 Å². The van der Waals surface area contributed by atoms with Crippen LogP contribution in [0.3, 0.4) is 0 Å². The Balaban J connectivity index is 1.66. The van der Waals surface area contributed by atoms with Crippen LogP contribution in [-0.4, -0.2) is 35.2 Å².